The van der Waals surface area contributed by atoms with Gasteiger partial charge >= 0.3 is 0 Å². The molecule has 3 N–H and O–H groups in total. The Morgan fingerprint density at radius 1 is 1.18 bits per heavy atom. The summed E-state index contributed by atoms with van der Waals surface area (Å²) in [5, 5.41) is 24.6. The summed E-state index contributed by atoms with van der Waals surface area (Å²) in [6, 6.07) is 13.0. The van der Waals surface area contributed by atoms with Gasteiger partial charge in [0, 0.05) is 36.0 Å². The van der Waals surface area contributed by atoms with Crippen LogP contribution in [0.25, 0.3) is 11.3 Å². The van der Waals surface area contributed by atoms with Crippen molar-refractivity contribution in [2.45, 2.75) is 39.8 Å². The second-order valence-corrected chi connectivity index (χ2v) is 8.17. The van der Waals surface area contributed by atoms with Gasteiger partial charge in [-0.15, -0.1) is 0 Å². The molecule has 1 heterocycles. The van der Waals surface area contributed by atoms with E-state index in [1.807, 2.05) is 26.0 Å². The highest BCUT2D eigenvalue weighted by Crippen LogP contribution is 2.27. The van der Waals surface area contributed by atoms with Crippen molar-refractivity contribution >= 4 is 23.0 Å². The molecule has 34 heavy (non-hydrogen) atoms. The SMILES string of the molecule is CC(=N)c1ccc(CNC(=O)Cc2c(-c3cccc([N+](=O)[O-])c3)occ(NC(C)C)c2=O)cc1. The number of nitro groups is 1. The average Bonchev–Trinajstić information content (AvgIpc) is 2.80. The molecular weight excluding hydrogens is 436 g/mol. The van der Waals surface area contributed by atoms with E-state index in [1.165, 1.54) is 24.5 Å². The number of carbonyl (C=O) groups is 1. The van der Waals surface area contributed by atoms with Crippen molar-refractivity contribution in [3.05, 3.63) is 91.8 Å². The number of carbonyl (C=O) groups excluding carboxylic acids is 1. The summed E-state index contributed by atoms with van der Waals surface area (Å²) in [6.07, 6.45) is 1.01. The number of hydrogen-bond donors (Lipinski definition) is 3. The molecule has 0 fully saturated rings. The molecule has 0 bridgehead atoms. The highest BCUT2D eigenvalue weighted by molar-refractivity contribution is 5.96. The first kappa shape index (κ1) is 24.4. The molecule has 0 radical (unpaired) electrons. The molecule has 0 atom stereocenters. The van der Waals surface area contributed by atoms with Crippen LogP contribution < -0.4 is 16.1 Å². The van der Waals surface area contributed by atoms with E-state index >= 15 is 0 Å². The van der Waals surface area contributed by atoms with E-state index in [2.05, 4.69) is 10.6 Å². The number of hydrogen-bond acceptors (Lipinski definition) is 7. The molecule has 3 rings (SSSR count). The number of nitrogens with one attached hydrogen (secondary N) is 3. The highest BCUT2D eigenvalue weighted by atomic mass is 16.6. The number of anilines is 1. The zero-order chi connectivity index (χ0) is 24.8. The Bertz CT molecular complexity index is 1280. The molecule has 0 aliphatic heterocycles. The zero-order valence-corrected chi connectivity index (χ0v) is 19.2. The Balaban J connectivity index is 1.89. The molecule has 9 nitrogen and oxygen atoms in total. The fraction of sp³-hybridized carbons (Fsp3) is 0.240. The predicted octanol–water partition coefficient (Wildman–Crippen LogP) is 4.28. The van der Waals surface area contributed by atoms with Crippen LogP contribution in [0.2, 0.25) is 0 Å². The van der Waals surface area contributed by atoms with Crippen LogP contribution >= 0.6 is 0 Å². The van der Waals surface area contributed by atoms with E-state index in [4.69, 9.17) is 9.83 Å². The van der Waals surface area contributed by atoms with E-state index in [-0.39, 0.29) is 41.7 Å². The fourth-order valence-electron chi connectivity index (χ4n) is 3.38. The van der Waals surface area contributed by atoms with Crippen molar-refractivity contribution in [3.8, 4) is 11.3 Å². The van der Waals surface area contributed by atoms with Crippen molar-refractivity contribution < 1.29 is 14.1 Å². The lowest BCUT2D eigenvalue weighted by molar-refractivity contribution is -0.384. The van der Waals surface area contributed by atoms with Crippen molar-refractivity contribution in [2.75, 3.05) is 5.32 Å². The molecular formula is C25H26N4O5. The topological polar surface area (TPSA) is 138 Å². The maximum Gasteiger partial charge on any atom is 0.270 e. The Kier molecular flexibility index (Phi) is 7.57. The van der Waals surface area contributed by atoms with Gasteiger partial charge in [-0.25, -0.2) is 0 Å². The van der Waals surface area contributed by atoms with Gasteiger partial charge in [0.15, 0.2) is 0 Å². The van der Waals surface area contributed by atoms with Crippen molar-refractivity contribution in [3.63, 3.8) is 0 Å². The summed E-state index contributed by atoms with van der Waals surface area (Å²) in [5.41, 5.74) is 2.20. The maximum atomic E-state index is 13.2. The van der Waals surface area contributed by atoms with Gasteiger partial charge in [0.25, 0.3) is 5.69 Å². The fourth-order valence-corrected chi connectivity index (χ4v) is 3.38. The van der Waals surface area contributed by atoms with E-state index in [0.29, 0.717) is 11.3 Å². The summed E-state index contributed by atoms with van der Waals surface area (Å²) < 4.78 is 5.71. The minimum Gasteiger partial charge on any atom is -0.462 e. The number of nitrogens with zero attached hydrogens (tertiary/aromatic N) is 1. The first-order valence-electron chi connectivity index (χ1n) is 10.7. The third kappa shape index (κ3) is 5.94. The summed E-state index contributed by atoms with van der Waals surface area (Å²) in [6.45, 7) is 5.68. The Labute approximate surface area is 196 Å². The summed E-state index contributed by atoms with van der Waals surface area (Å²) >= 11 is 0. The molecule has 1 amide bonds. The van der Waals surface area contributed by atoms with Crippen LogP contribution in [0.3, 0.4) is 0 Å². The van der Waals surface area contributed by atoms with Gasteiger partial charge < -0.3 is 20.5 Å². The van der Waals surface area contributed by atoms with Crippen LogP contribution in [0.15, 0.2) is 64.0 Å². The molecule has 0 saturated heterocycles. The van der Waals surface area contributed by atoms with Crippen LogP contribution in [0.5, 0.6) is 0 Å². The number of rotatable bonds is 9. The second kappa shape index (κ2) is 10.6. The lowest BCUT2D eigenvalue weighted by atomic mass is 10.0. The average molecular weight is 463 g/mol. The van der Waals surface area contributed by atoms with Gasteiger partial charge in [-0.1, -0.05) is 36.4 Å². The van der Waals surface area contributed by atoms with E-state index in [0.717, 1.165) is 11.1 Å². The third-order valence-electron chi connectivity index (χ3n) is 5.06. The van der Waals surface area contributed by atoms with E-state index in [9.17, 15) is 19.7 Å². The van der Waals surface area contributed by atoms with Gasteiger partial charge in [-0.3, -0.25) is 19.7 Å². The molecule has 176 valence electrons. The summed E-state index contributed by atoms with van der Waals surface area (Å²) in [5.74, 6) is -0.281. The van der Waals surface area contributed by atoms with Gasteiger partial charge in [0.2, 0.25) is 11.3 Å². The molecule has 2 aromatic carbocycles. The molecule has 1 aromatic heterocycles. The van der Waals surface area contributed by atoms with E-state index in [1.54, 1.807) is 25.1 Å². The molecule has 0 aliphatic carbocycles. The number of nitro benzene ring substituents is 1. The minimum absolute atomic E-state index is 0.0409. The number of non-ortho nitro benzene ring substituents is 1. The zero-order valence-electron chi connectivity index (χ0n) is 19.2. The first-order chi connectivity index (χ1) is 16.2. The summed E-state index contributed by atoms with van der Waals surface area (Å²) in [4.78, 5) is 36.6. The predicted molar refractivity (Wildman–Crippen MR) is 130 cm³/mol. The first-order valence-corrected chi connectivity index (χ1v) is 10.7. The molecule has 0 spiro atoms. The maximum absolute atomic E-state index is 13.2. The summed E-state index contributed by atoms with van der Waals surface area (Å²) in [7, 11) is 0. The van der Waals surface area contributed by atoms with Crippen LogP contribution in [-0.4, -0.2) is 22.6 Å². The van der Waals surface area contributed by atoms with E-state index < -0.39 is 16.3 Å². The van der Waals surface area contributed by atoms with Crippen molar-refractivity contribution in [2.24, 2.45) is 0 Å². The second-order valence-electron chi connectivity index (χ2n) is 8.17. The largest absolute Gasteiger partial charge is 0.462 e. The Morgan fingerprint density at radius 2 is 1.88 bits per heavy atom. The third-order valence-corrected chi connectivity index (χ3v) is 5.06. The van der Waals surface area contributed by atoms with Gasteiger partial charge in [-0.2, -0.15) is 0 Å². The number of amides is 1. The Hall–Kier alpha value is -4.27. The Morgan fingerprint density at radius 3 is 2.50 bits per heavy atom. The number of benzene rings is 2. The lowest BCUT2D eigenvalue weighted by Gasteiger charge is -2.13. The quantitative estimate of drug-likeness (QED) is 0.246. The van der Waals surface area contributed by atoms with Crippen molar-refractivity contribution in [1.82, 2.24) is 5.32 Å². The van der Waals surface area contributed by atoms with Crippen LogP contribution in [0, 0.1) is 15.5 Å². The van der Waals surface area contributed by atoms with Crippen LogP contribution in [0.4, 0.5) is 11.4 Å². The van der Waals surface area contributed by atoms with Gasteiger partial charge in [-0.05, 0) is 31.9 Å². The van der Waals surface area contributed by atoms with Crippen molar-refractivity contribution in [1.29, 1.82) is 5.41 Å². The molecule has 0 unspecified atom stereocenters. The highest BCUT2D eigenvalue weighted by Gasteiger charge is 2.20. The molecule has 3 aromatic rings. The molecule has 0 aliphatic rings. The standard InChI is InChI=1S/C25H26N4O5/c1-15(2)28-22-14-34-25(19-5-4-6-20(11-19)29(32)33)21(24(22)31)12-23(30)27-13-17-7-9-18(10-8-17)16(3)26/h4-11,14-15,26,28H,12-13H2,1-3H3,(H,27,30). The normalized spacial score (nSPS) is 10.7. The monoisotopic (exact) mass is 462 g/mol. The lowest BCUT2D eigenvalue weighted by Crippen LogP contribution is -2.28. The van der Waals surface area contributed by atoms with Crippen LogP contribution in [-0.2, 0) is 17.8 Å². The van der Waals surface area contributed by atoms with Gasteiger partial charge in [0.1, 0.15) is 17.7 Å². The smallest absolute Gasteiger partial charge is 0.270 e. The van der Waals surface area contributed by atoms with Gasteiger partial charge in [0.05, 0.1) is 16.9 Å². The van der Waals surface area contributed by atoms with Crippen LogP contribution in [0.1, 0.15) is 37.5 Å². The molecule has 0 saturated carbocycles. The minimum atomic E-state index is -0.534. The molecule has 9 heteroatoms.